The van der Waals surface area contributed by atoms with E-state index in [1.807, 2.05) is 0 Å². The molecule has 0 bridgehead atoms. The minimum Gasteiger partial charge on any atom is -0.393 e. The maximum absolute atomic E-state index is 11.5. The van der Waals surface area contributed by atoms with Gasteiger partial charge in [0.05, 0.1) is 24.1 Å². The Bertz CT molecular complexity index is 274. The molecule has 4 unspecified atom stereocenters. The van der Waals surface area contributed by atoms with Crippen molar-refractivity contribution in [2.75, 3.05) is 0 Å². The van der Waals surface area contributed by atoms with E-state index in [2.05, 4.69) is 0 Å². The third-order valence-electron chi connectivity index (χ3n) is 3.12. The molecule has 0 spiro atoms. The maximum atomic E-state index is 11.5. The lowest BCUT2D eigenvalue weighted by Gasteiger charge is -2.45. The Balaban J connectivity index is 2.19. The number of nitrogens with zero attached hydrogens (tertiary/aromatic N) is 1. The number of carbonyl (C=O) groups excluding carboxylic acids is 2. The zero-order valence-corrected chi connectivity index (χ0v) is 7.73. The fraction of sp³-hybridized carbons (Fsp3) is 0.778. The Morgan fingerprint density at radius 1 is 1.54 bits per heavy atom. The molecule has 0 aromatic rings. The molecule has 1 N–H and O–H groups in total. The molecule has 2 aliphatic heterocycles. The topological polar surface area (TPSA) is 57.6 Å². The van der Waals surface area contributed by atoms with Crippen LogP contribution in [0.1, 0.15) is 20.3 Å². The number of aliphatic hydroxyl groups excluding tert-OH is 1. The van der Waals surface area contributed by atoms with Crippen LogP contribution in [0.25, 0.3) is 0 Å². The van der Waals surface area contributed by atoms with Crippen molar-refractivity contribution in [1.29, 1.82) is 0 Å². The number of aliphatic hydroxyl groups is 1. The zero-order chi connectivity index (χ0) is 9.75. The van der Waals surface area contributed by atoms with Crippen molar-refractivity contribution in [3.8, 4) is 0 Å². The Morgan fingerprint density at radius 3 is 2.69 bits per heavy atom. The third kappa shape index (κ3) is 0.950. The van der Waals surface area contributed by atoms with Crippen LogP contribution in [0.15, 0.2) is 0 Å². The largest absolute Gasteiger partial charge is 0.393 e. The molecule has 4 atom stereocenters. The number of amides is 1. The summed E-state index contributed by atoms with van der Waals surface area (Å²) in [5.74, 6) is -0.297. The van der Waals surface area contributed by atoms with Crippen molar-refractivity contribution < 1.29 is 14.7 Å². The van der Waals surface area contributed by atoms with Crippen LogP contribution in [0.3, 0.4) is 0 Å². The molecule has 2 heterocycles. The monoisotopic (exact) mass is 183 g/mol. The summed E-state index contributed by atoms with van der Waals surface area (Å²) in [6.07, 6.45) is -0.213. The van der Waals surface area contributed by atoms with E-state index in [9.17, 15) is 14.7 Å². The van der Waals surface area contributed by atoms with E-state index in [1.165, 1.54) is 0 Å². The summed E-state index contributed by atoms with van der Waals surface area (Å²) in [4.78, 5) is 24.3. The Kier molecular flexibility index (Phi) is 1.70. The summed E-state index contributed by atoms with van der Waals surface area (Å²) in [5, 5.41) is 9.30. The van der Waals surface area contributed by atoms with Gasteiger partial charge in [0.1, 0.15) is 0 Å². The number of β-lactam (4-membered cyclic amide) rings is 1. The molecule has 72 valence electrons. The summed E-state index contributed by atoms with van der Waals surface area (Å²) >= 11 is 0. The molecule has 1 amide bonds. The highest BCUT2D eigenvalue weighted by Gasteiger charge is 2.57. The molecule has 2 fully saturated rings. The minimum atomic E-state index is -0.633. The summed E-state index contributed by atoms with van der Waals surface area (Å²) in [7, 11) is 0. The number of Topliss-reactive ketones (excluding diaryl/α,β-unsaturated/α-hetero) is 1. The maximum Gasteiger partial charge on any atom is 0.231 e. The van der Waals surface area contributed by atoms with Gasteiger partial charge in [-0.3, -0.25) is 9.59 Å². The normalized spacial score (nSPS) is 40.2. The van der Waals surface area contributed by atoms with Gasteiger partial charge in [-0.15, -0.1) is 0 Å². The molecule has 0 aromatic heterocycles. The summed E-state index contributed by atoms with van der Waals surface area (Å²) in [6.45, 7) is 3.35. The van der Waals surface area contributed by atoms with Gasteiger partial charge in [0.15, 0.2) is 5.78 Å². The van der Waals surface area contributed by atoms with E-state index in [4.69, 9.17) is 0 Å². The van der Waals surface area contributed by atoms with E-state index >= 15 is 0 Å². The first-order valence-electron chi connectivity index (χ1n) is 4.57. The van der Waals surface area contributed by atoms with Gasteiger partial charge in [0.25, 0.3) is 0 Å². The Labute approximate surface area is 76.5 Å². The summed E-state index contributed by atoms with van der Waals surface area (Å²) in [6, 6.07) is -0.303. The number of carbonyl (C=O) groups is 2. The van der Waals surface area contributed by atoms with Gasteiger partial charge in [0.2, 0.25) is 5.91 Å². The number of fused-ring (bicyclic) bond motifs is 1. The number of ketones is 1. The molecule has 4 heteroatoms. The van der Waals surface area contributed by atoms with Gasteiger partial charge in [0, 0.05) is 6.42 Å². The third-order valence-corrected chi connectivity index (χ3v) is 3.12. The van der Waals surface area contributed by atoms with Gasteiger partial charge < -0.3 is 10.0 Å². The van der Waals surface area contributed by atoms with Gasteiger partial charge in [-0.05, 0) is 13.8 Å². The minimum absolute atomic E-state index is 0.0324. The predicted molar refractivity (Wildman–Crippen MR) is 44.9 cm³/mol. The SMILES string of the molecule is CC(O)C1C(=O)N2C(C)C(=O)CC12. The van der Waals surface area contributed by atoms with Crippen LogP contribution in [0.5, 0.6) is 0 Å². The molecule has 0 radical (unpaired) electrons. The lowest BCUT2D eigenvalue weighted by atomic mass is 9.84. The average Bonchev–Trinajstić information content (AvgIpc) is 2.24. The first kappa shape index (κ1) is 8.69. The fourth-order valence-corrected chi connectivity index (χ4v) is 2.35. The Hall–Kier alpha value is -0.900. The highest BCUT2D eigenvalue weighted by Crippen LogP contribution is 2.39. The van der Waals surface area contributed by atoms with Crippen LogP contribution in [0.4, 0.5) is 0 Å². The second-order valence-electron chi connectivity index (χ2n) is 3.93. The molecule has 2 rings (SSSR count). The van der Waals surface area contributed by atoms with Crippen molar-refractivity contribution >= 4 is 11.7 Å². The fourth-order valence-electron chi connectivity index (χ4n) is 2.35. The van der Waals surface area contributed by atoms with E-state index in [0.29, 0.717) is 6.42 Å². The quantitative estimate of drug-likeness (QED) is 0.560. The van der Waals surface area contributed by atoms with Crippen molar-refractivity contribution in [1.82, 2.24) is 4.90 Å². The molecule has 0 aromatic carbocycles. The lowest BCUT2D eigenvalue weighted by molar-refractivity contribution is -0.162. The molecule has 2 saturated heterocycles. The van der Waals surface area contributed by atoms with Gasteiger partial charge >= 0.3 is 0 Å². The molecular weight excluding hydrogens is 170 g/mol. The number of rotatable bonds is 1. The highest BCUT2D eigenvalue weighted by molar-refractivity contribution is 5.99. The Morgan fingerprint density at radius 2 is 2.15 bits per heavy atom. The standard InChI is InChI=1S/C9H13NO3/c1-4-7(12)3-6-8(5(2)11)9(13)10(4)6/h4-6,8,11H,3H2,1-2H3. The van der Waals surface area contributed by atoms with Crippen LogP contribution in [-0.4, -0.2) is 39.9 Å². The van der Waals surface area contributed by atoms with Crippen LogP contribution >= 0.6 is 0 Å². The molecule has 13 heavy (non-hydrogen) atoms. The lowest BCUT2D eigenvalue weighted by Crippen LogP contribution is -2.62. The van der Waals surface area contributed by atoms with Crippen molar-refractivity contribution in [2.45, 2.75) is 38.5 Å². The molecule has 2 aliphatic rings. The number of hydrogen-bond donors (Lipinski definition) is 1. The second-order valence-corrected chi connectivity index (χ2v) is 3.93. The van der Waals surface area contributed by atoms with E-state index in [-0.39, 0.29) is 29.7 Å². The highest BCUT2D eigenvalue weighted by atomic mass is 16.3. The van der Waals surface area contributed by atoms with Crippen LogP contribution in [0.2, 0.25) is 0 Å². The van der Waals surface area contributed by atoms with Crippen LogP contribution < -0.4 is 0 Å². The van der Waals surface area contributed by atoms with Crippen molar-refractivity contribution in [2.24, 2.45) is 5.92 Å². The predicted octanol–water partition coefficient (Wildman–Crippen LogP) is -0.445. The van der Waals surface area contributed by atoms with E-state index in [1.54, 1.807) is 18.7 Å². The zero-order valence-electron chi connectivity index (χ0n) is 7.73. The molecular formula is C9H13NO3. The van der Waals surface area contributed by atoms with Gasteiger partial charge in [-0.1, -0.05) is 0 Å². The number of hydrogen-bond acceptors (Lipinski definition) is 3. The first-order valence-corrected chi connectivity index (χ1v) is 4.57. The molecule has 4 nitrogen and oxygen atoms in total. The van der Waals surface area contributed by atoms with Crippen LogP contribution in [-0.2, 0) is 9.59 Å². The van der Waals surface area contributed by atoms with Crippen molar-refractivity contribution in [3.05, 3.63) is 0 Å². The summed E-state index contributed by atoms with van der Waals surface area (Å²) in [5.41, 5.74) is 0. The first-order chi connectivity index (χ1) is 6.04. The van der Waals surface area contributed by atoms with E-state index in [0.717, 1.165) is 0 Å². The summed E-state index contributed by atoms with van der Waals surface area (Å²) < 4.78 is 0. The average molecular weight is 183 g/mol. The second kappa shape index (κ2) is 2.54. The van der Waals surface area contributed by atoms with Crippen molar-refractivity contribution in [3.63, 3.8) is 0 Å². The van der Waals surface area contributed by atoms with Gasteiger partial charge in [-0.25, -0.2) is 0 Å². The van der Waals surface area contributed by atoms with E-state index < -0.39 is 6.10 Å². The smallest absolute Gasteiger partial charge is 0.231 e. The van der Waals surface area contributed by atoms with Gasteiger partial charge in [-0.2, -0.15) is 0 Å². The van der Waals surface area contributed by atoms with Crippen LogP contribution in [0, 0.1) is 5.92 Å². The molecule has 0 saturated carbocycles. The molecule has 0 aliphatic carbocycles.